The Hall–Kier alpha value is -3.21. The maximum Gasteiger partial charge on any atom is 0.264 e. The summed E-state index contributed by atoms with van der Waals surface area (Å²) < 4.78 is 53.7. The molecular formula is C24H25N3O5S2. The maximum atomic E-state index is 12.9. The number of hydrogen-bond acceptors (Lipinski definition) is 5. The van der Waals surface area contributed by atoms with Crippen molar-refractivity contribution in [2.45, 2.75) is 22.6 Å². The van der Waals surface area contributed by atoms with Crippen molar-refractivity contribution < 1.29 is 21.6 Å². The zero-order valence-electron chi connectivity index (χ0n) is 18.6. The second kappa shape index (κ2) is 9.57. The Bertz CT molecular complexity index is 1370. The van der Waals surface area contributed by atoms with Crippen LogP contribution in [0.5, 0.6) is 0 Å². The van der Waals surface area contributed by atoms with E-state index in [9.17, 15) is 21.6 Å². The fraction of sp³-hybridized carbons (Fsp3) is 0.208. The number of benzene rings is 3. The van der Waals surface area contributed by atoms with E-state index in [0.29, 0.717) is 24.5 Å². The van der Waals surface area contributed by atoms with Gasteiger partial charge in [-0.2, -0.15) is 4.31 Å². The quantitative estimate of drug-likeness (QED) is 0.535. The molecule has 1 aliphatic heterocycles. The monoisotopic (exact) mass is 499 g/mol. The first kappa shape index (κ1) is 23.9. The molecule has 1 fully saturated rings. The Labute approximate surface area is 199 Å². The molecule has 1 saturated heterocycles. The molecule has 0 aliphatic carbocycles. The number of anilines is 2. The molecule has 34 heavy (non-hydrogen) atoms. The van der Waals surface area contributed by atoms with Gasteiger partial charge in [0.1, 0.15) is 0 Å². The third-order valence-electron chi connectivity index (χ3n) is 5.71. The lowest BCUT2D eigenvalue weighted by molar-refractivity contribution is 0.102. The molecule has 0 unspecified atom stereocenters. The molecule has 0 radical (unpaired) electrons. The number of carbonyl (C=O) groups excluding carboxylic acids is 1. The van der Waals surface area contributed by atoms with Crippen molar-refractivity contribution in [2.75, 3.05) is 29.8 Å². The van der Waals surface area contributed by atoms with Gasteiger partial charge >= 0.3 is 0 Å². The first-order valence-electron chi connectivity index (χ1n) is 10.8. The summed E-state index contributed by atoms with van der Waals surface area (Å²) in [7, 11) is -5.83. The first-order chi connectivity index (χ1) is 16.2. The van der Waals surface area contributed by atoms with Crippen LogP contribution in [0.1, 0.15) is 23.2 Å². The van der Waals surface area contributed by atoms with Gasteiger partial charge in [-0.15, -0.1) is 0 Å². The van der Waals surface area contributed by atoms with Gasteiger partial charge in [0.05, 0.1) is 15.5 Å². The number of carbonyl (C=O) groups is 1. The number of sulfonamides is 2. The highest BCUT2D eigenvalue weighted by Gasteiger charge is 2.27. The topological polar surface area (TPSA) is 104 Å². The van der Waals surface area contributed by atoms with Crippen LogP contribution in [0.25, 0.3) is 0 Å². The molecule has 8 nitrogen and oxygen atoms in total. The van der Waals surface area contributed by atoms with Gasteiger partial charge in [-0.1, -0.05) is 18.2 Å². The standard InChI is InChI=1S/C24H25N3O5S2/c1-26(21-7-3-2-4-8-21)33(29,30)22-13-9-19(10-14-22)24(28)25-20-11-15-23(16-12-20)34(31,32)27-17-5-6-18-27/h2-4,7-16H,5-6,17-18H2,1H3,(H,25,28). The van der Waals surface area contributed by atoms with Crippen LogP contribution < -0.4 is 9.62 Å². The van der Waals surface area contributed by atoms with Crippen LogP contribution in [-0.2, 0) is 20.0 Å². The summed E-state index contributed by atoms with van der Waals surface area (Å²) in [5.41, 5.74) is 1.24. The van der Waals surface area contributed by atoms with Gasteiger partial charge in [-0.05, 0) is 73.5 Å². The number of hydrogen-bond donors (Lipinski definition) is 1. The SMILES string of the molecule is CN(c1ccccc1)S(=O)(=O)c1ccc(C(=O)Nc2ccc(S(=O)(=O)N3CCCC3)cc2)cc1. The molecule has 0 bridgehead atoms. The van der Waals surface area contributed by atoms with Crippen LogP contribution in [0.3, 0.4) is 0 Å². The molecule has 3 aromatic carbocycles. The average Bonchev–Trinajstić information content (AvgIpc) is 3.41. The van der Waals surface area contributed by atoms with E-state index in [1.165, 1.54) is 64.2 Å². The maximum absolute atomic E-state index is 12.9. The second-order valence-corrected chi connectivity index (χ2v) is 11.8. The molecule has 1 amide bonds. The molecule has 4 rings (SSSR count). The van der Waals surface area contributed by atoms with Crippen molar-refractivity contribution >= 4 is 37.3 Å². The Morgan fingerprint density at radius 1 is 0.794 bits per heavy atom. The van der Waals surface area contributed by atoms with E-state index >= 15 is 0 Å². The summed E-state index contributed by atoms with van der Waals surface area (Å²) in [4.78, 5) is 12.9. The molecule has 178 valence electrons. The Morgan fingerprint density at radius 3 is 1.94 bits per heavy atom. The van der Waals surface area contributed by atoms with E-state index < -0.39 is 26.0 Å². The number of rotatable bonds is 7. The van der Waals surface area contributed by atoms with E-state index in [1.54, 1.807) is 30.3 Å². The molecule has 0 aromatic heterocycles. The fourth-order valence-corrected chi connectivity index (χ4v) is 6.42. The van der Waals surface area contributed by atoms with Crippen LogP contribution in [0.2, 0.25) is 0 Å². The minimum absolute atomic E-state index is 0.0619. The summed E-state index contributed by atoms with van der Waals surface area (Å²) in [5.74, 6) is -0.435. The van der Waals surface area contributed by atoms with Crippen LogP contribution in [-0.4, -0.2) is 47.2 Å². The normalized spacial score (nSPS) is 14.6. The van der Waals surface area contributed by atoms with Gasteiger partial charge in [-0.25, -0.2) is 16.8 Å². The van der Waals surface area contributed by atoms with E-state index in [2.05, 4.69) is 5.32 Å². The first-order valence-corrected chi connectivity index (χ1v) is 13.6. The molecule has 0 spiro atoms. The Kier molecular flexibility index (Phi) is 6.74. The van der Waals surface area contributed by atoms with Gasteiger partial charge in [0.2, 0.25) is 10.0 Å². The summed E-state index contributed by atoms with van der Waals surface area (Å²) in [5, 5.41) is 2.71. The van der Waals surface area contributed by atoms with Crippen molar-refractivity contribution in [1.82, 2.24) is 4.31 Å². The van der Waals surface area contributed by atoms with Crippen molar-refractivity contribution in [3.63, 3.8) is 0 Å². The lowest BCUT2D eigenvalue weighted by Gasteiger charge is -2.19. The van der Waals surface area contributed by atoms with Crippen molar-refractivity contribution in [3.05, 3.63) is 84.4 Å². The molecule has 1 aliphatic rings. The lowest BCUT2D eigenvalue weighted by atomic mass is 10.2. The van der Waals surface area contributed by atoms with E-state index in [-0.39, 0.29) is 15.4 Å². The second-order valence-electron chi connectivity index (χ2n) is 7.92. The molecule has 3 aromatic rings. The number of para-hydroxylation sites is 1. The van der Waals surface area contributed by atoms with Crippen LogP contribution in [0.15, 0.2) is 88.7 Å². The van der Waals surface area contributed by atoms with Gasteiger partial charge in [0.15, 0.2) is 0 Å². The van der Waals surface area contributed by atoms with Gasteiger partial charge < -0.3 is 5.32 Å². The zero-order valence-corrected chi connectivity index (χ0v) is 20.2. The van der Waals surface area contributed by atoms with Crippen LogP contribution in [0.4, 0.5) is 11.4 Å². The van der Waals surface area contributed by atoms with Crippen molar-refractivity contribution in [1.29, 1.82) is 0 Å². The fourth-order valence-electron chi connectivity index (χ4n) is 3.70. The molecule has 0 saturated carbocycles. The van der Waals surface area contributed by atoms with Gasteiger partial charge in [0.25, 0.3) is 15.9 Å². The number of nitrogens with one attached hydrogen (secondary N) is 1. The third kappa shape index (κ3) is 4.84. The van der Waals surface area contributed by atoms with E-state index in [1.807, 2.05) is 0 Å². The largest absolute Gasteiger partial charge is 0.322 e. The molecular weight excluding hydrogens is 474 g/mol. The summed E-state index contributed by atoms with van der Waals surface area (Å²) in [6.07, 6.45) is 1.71. The third-order valence-corrected chi connectivity index (χ3v) is 9.42. The predicted octanol–water partition coefficient (Wildman–Crippen LogP) is 3.55. The van der Waals surface area contributed by atoms with Crippen molar-refractivity contribution in [3.8, 4) is 0 Å². The number of nitrogens with zero attached hydrogens (tertiary/aromatic N) is 2. The lowest BCUT2D eigenvalue weighted by Crippen LogP contribution is -2.27. The summed E-state index contributed by atoms with van der Waals surface area (Å²) in [6, 6.07) is 20.4. The Balaban J connectivity index is 1.45. The average molecular weight is 500 g/mol. The molecule has 1 N–H and O–H groups in total. The van der Waals surface area contributed by atoms with E-state index in [4.69, 9.17) is 0 Å². The number of amides is 1. The zero-order chi connectivity index (χ0) is 24.3. The highest BCUT2D eigenvalue weighted by molar-refractivity contribution is 7.92. The van der Waals surface area contributed by atoms with Crippen molar-refractivity contribution in [2.24, 2.45) is 0 Å². The highest BCUT2D eigenvalue weighted by Crippen LogP contribution is 2.24. The summed E-state index contributed by atoms with van der Waals surface area (Å²) in [6.45, 7) is 1.04. The minimum Gasteiger partial charge on any atom is -0.322 e. The molecule has 0 atom stereocenters. The molecule has 10 heteroatoms. The van der Waals surface area contributed by atoms with E-state index in [0.717, 1.165) is 12.8 Å². The van der Waals surface area contributed by atoms with Crippen LogP contribution in [0, 0.1) is 0 Å². The predicted molar refractivity (Wildman–Crippen MR) is 131 cm³/mol. The van der Waals surface area contributed by atoms with Gasteiger partial charge in [0, 0.05) is 31.4 Å². The highest BCUT2D eigenvalue weighted by atomic mass is 32.2. The van der Waals surface area contributed by atoms with Gasteiger partial charge in [-0.3, -0.25) is 9.10 Å². The molecule has 1 heterocycles. The Morgan fingerprint density at radius 2 is 1.35 bits per heavy atom. The summed E-state index contributed by atoms with van der Waals surface area (Å²) >= 11 is 0. The van der Waals surface area contributed by atoms with Crippen LogP contribution >= 0.6 is 0 Å². The smallest absolute Gasteiger partial charge is 0.264 e. The minimum atomic E-state index is -3.78.